The molecule has 3 rings (SSSR count). The molecule has 0 fully saturated rings. The fraction of sp³-hybridized carbons (Fsp3) is 0.0909. The predicted molar refractivity (Wildman–Crippen MR) is 54.4 cm³/mol. The number of cyclic esters (lactones) is 1. The molecule has 0 saturated carbocycles. The molecule has 0 saturated heterocycles. The Balaban J connectivity index is 2.24. The molecule has 0 spiro atoms. The van der Waals surface area contributed by atoms with Crippen LogP contribution in [-0.2, 0) is 11.3 Å². The second-order valence-corrected chi connectivity index (χ2v) is 3.32. The molecule has 1 aliphatic heterocycles. The van der Waals surface area contributed by atoms with Gasteiger partial charge in [-0.2, -0.15) is 0 Å². The van der Waals surface area contributed by atoms with E-state index in [1.54, 1.807) is 6.07 Å². The summed E-state index contributed by atoms with van der Waals surface area (Å²) in [6.07, 6.45) is -0.450. The molecule has 4 nitrogen and oxygen atoms in total. The van der Waals surface area contributed by atoms with E-state index >= 15 is 0 Å². The van der Waals surface area contributed by atoms with Crippen molar-refractivity contribution in [2.24, 2.45) is 0 Å². The summed E-state index contributed by atoms with van der Waals surface area (Å²) in [6, 6.07) is 10.5. The SMILES string of the molecule is O=C1Nc2nc3c[c]ccc3cc2CO1. The highest BCUT2D eigenvalue weighted by Crippen LogP contribution is 2.23. The lowest BCUT2D eigenvalue weighted by Crippen LogP contribution is -2.21. The molecule has 73 valence electrons. The van der Waals surface area contributed by atoms with E-state index in [1.807, 2.05) is 18.2 Å². The van der Waals surface area contributed by atoms with Crippen LogP contribution in [-0.4, -0.2) is 11.1 Å². The second kappa shape index (κ2) is 2.95. The average Bonchev–Trinajstić information content (AvgIpc) is 2.26. The maximum Gasteiger partial charge on any atom is 0.413 e. The van der Waals surface area contributed by atoms with Crippen LogP contribution in [0.4, 0.5) is 10.6 Å². The van der Waals surface area contributed by atoms with Crippen molar-refractivity contribution in [3.05, 3.63) is 35.9 Å². The van der Waals surface area contributed by atoms with E-state index in [0.717, 1.165) is 16.5 Å². The zero-order chi connectivity index (χ0) is 10.3. The molecule has 1 N–H and O–H groups in total. The smallest absolute Gasteiger partial charge is 0.413 e. The molecule has 0 atom stereocenters. The summed E-state index contributed by atoms with van der Waals surface area (Å²) in [7, 11) is 0. The maximum atomic E-state index is 11.0. The summed E-state index contributed by atoms with van der Waals surface area (Å²) in [5.41, 5.74) is 1.71. The third kappa shape index (κ3) is 1.30. The van der Waals surface area contributed by atoms with E-state index in [0.29, 0.717) is 5.82 Å². The Morgan fingerprint density at radius 2 is 2.47 bits per heavy atom. The van der Waals surface area contributed by atoms with Gasteiger partial charge in [0.15, 0.2) is 0 Å². The Bertz CT molecular complexity index is 551. The first-order valence-electron chi connectivity index (χ1n) is 4.56. The van der Waals surface area contributed by atoms with E-state index in [-0.39, 0.29) is 6.61 Å². The van der Waals surface area contributed by atoms with Crippen LogP contribution in [0.5, 0.6) is 0 Å². The highest BCUT2D eigenvalue weighted by Gasteiger charge is 2.17. The first-order valence-corrected chi connectivity index (χ1v) is 4.56. The molecule has 1 aliphatic rings. The summed E-state index contributed by atoms with van der Waals surface area (Å²) < 4.78 is 4.86. The number of carbonyl (C=O) groups excluding carboxylic acids is 1. The average molecular weight is 199 g/mol. The third-order valence-electron chi connectivity index (χ3n) is 2.32. The Morgan fingerprint density at radius 1 is 1.53 bits per heavy atom. The van der Waals surface area contributed by atoms with E-state index in [2.05, 4.69) is 16.4 Å². The van der Waals surface area contributed by atoms with Crippen molar-refractivity contribution in [1.82, 2.24) is 4.98 Å². The monoisotopic (exact) mass is 199 g/mol. The highest BCUT2D eigenvalue weighted by atomic mass is 16.5. The van der Waals surface area contributed by atoms with Crippen LogP contribution in [0.15, 0.2) is 24.3 Å². The van der Waals surface area contributed by atoms with Crippen molar-refractivity contribution >= 4 is 22.8 Å². The Hall–Kier alpha value is -2.10. The van der Waals surface area contributed by atoms with E-state index in [9.17, 15) is 4.79 Å². The van der Waals surface area contributed by atoms with Crippen molar-refractivity contribution < 1.29 is 9.53 Å². The van der Waals surface area contributed by atoms with Gasteiger partial charge in [-0.1, -0.05) is 12.1 Å². The number of carbonyl (C=O) groups is 1. The van der Waals surface area contributed by atoms with Crippen molar-refractivity contribution in [3.8, 4) is 0 Å². The molecular weight excluding hydrogens is 192 g/mol. The molecule has 15 heavy (non-hydrogen) atoms. The topological polar surface area (TPSA) is 51.2 Å². The fourth-order valence-corrected chi connectivity index (χ4v) is 1.60. The lowest BCUT2D eigenvalue weighted by Gasteiger charge is -2.16. The molecule has 1 aromatic heterocycles. The number of ether oxygens (including phenoxy) is 1. The van der Waals surface area contributed by atoms with Crippen molar-refractivity contribution in [2.45, 2.75) is 6.61 Å². The number of rotatable bonds is 0. The molecule has 2 aromatic rings. The Kier molecular flexibility index (Phi) is 1.62. The zero-order valence-corrected chi connectivity index (χ0v) is 7.78. The standard InChI is InChI=1S/C11H7N2O2/c14-11-13-10-8(6-15-11)5-7-3-1-2-4-9(7)12-10/h1,3-5H,6H2,(H,12,13,14). The normalized spacial score (nSPS) is 14.3. The van der Waals surface area contributed by atoms with Crippen LogP contribution < -0.4 is 5.32 Å². The van der Waals surface area contributed by atoms with Gasteiger partial charge < -0.3 is 4.74 Å². The molecule has 1 radical (unpaired) electrons. The van der Waals surface area contributed by atoms with Crippen LogP contribution in [0.3, 0.4) is 0 Å². The van der Waals surface area contributed by atoms with Gasteiger partial charge in [0.1, 0.15) is 12.4 Å². The van der Waals surface area contributed by atoms with Crippen LogP contribution in [0, 0.1) is 6.07 Å². The Labute approximate surface area is 85.9 Å². The summed E-state index contributed by atoms with van der Waals surface area (Å²) in [5.74, 6) is 0.582. The zero-order valence-electron chi connectivity index (χ0n) is 7.78. The maximum absolute atomic E-state index is 11.0. The second-order valence-electron chi connectivity index (χ2n) is 3.32. The minimum absolute atomic E-state index is 0.280. The van der Waals surface area contributed by atoms with Crippen LogP contribution >= 0.6 is 0 Å². The van der Waals surface area contributed by atoms with Crippen LogP contribution in [0.1, 0.15) is 5.56 Å². The molecule has 0 bridgehead atoms. The number of benzene rings is 1. The van der Waals surface area contributed by atoms with Gasteiger partial charge in [-0.05, 0) is 18.2 Å². The minimum Gasteiger partial charge on any atom is -0.444 e. The largest absolute Gasteiger partial charge is 0.444 e. The van der Waals surface area contributed by atoms with E-state index < -0.39 is 6.09 Å². The lowest BCUT2D eigenvalue weighted by molar-refractivity contribution is 0.151. The summed E-state index contributed by atoms with van der Waals surface area (Å²) in [6.45, 7) is 0.280. The number of nitrogens with one attached hydrogen (secondary N) is 1. The van der Waals surface area contributed by atoms with Gasteiger partial charge in [-0.25, -0.2) is 9.78 Å². The summed E-state index contributed by atoms with van der Waals surface area (Å²) >= 11 is 0. The minimum atomic E-state index is -0.450. The molecule has 1 aromatic carbocycles. The first-order chi connectivity index (χ1) is 7.33. The molecular formula is C11H7N2O2. The van der Waals surface area contributed by atoms with Gasteiger partial charge in [-0.15, -0.1) is 0 Å². The van der Waals surface area contributed by atoms with E-state index in [1.165, 1.54) is 0 Å². The molecule has 2 heterocycles. The number of aromatic nitrogens is 1. The Morgan fingerprint density at radius 3 is 3.40 bits per heavy atom. The molecule has 0 unspecified atom stereocenters. The van der Waals surface area contributed by atoms with E-state index in [4.69, 9.17) is 4.74 Å². The van der Waals surface area contributed by atoms with Gasteiger partial charge in [0, 0.05) is 10.9 Å². The van der Waals surface area contributed by atoms with Crippen molar-refractivity contribution in [2.75, 3.05) is 5.32 Å². The number of amides is 1. The van der Waals surface area contributed by atoms with Gasteiger partial charge >= 0.3 is 6.09 Å². The number of hydrogen-bond acceptors (Lipinski definition) is 3. The highest BCUT2D eigenvalue weighted by molar-refractivity contribution is 5.90. The molecule has 0 aliphatic carbocycles. The van der Waals surface area contributed by atoms with Crippen molar-refractivity contribution in [1.29, 1.82) is 0 Å². The predicted octanol–water partition coefficient (Wildman–Crippen LogP) is 2.10. The number of pyridine rings is 1. The summed E-state index contributed by atoms with van der Waals surface area (Å²) in [4.78, 5) is 15.3. The van der Waals surface area contributed by atoms with Gasteiger partial charge in [0.25, 0.3) is 0 Å². The number of fused-ring (bicyclic) bond motifs is 2. The van der Waals surface area contributed by atoms with Gasteiger partial charge in [0.2, 0.25) is 0 Å². The van der Waals surface area contributed by atoms with Crippen molar-refractivity contribution in [3.63, 3.8) is 0 Å². The lowest BCUT2D eigenvalue weighted by atomic mass is 10.1. The van der Waals surface area contributed by atoms with Crippen LogP contribution in [0.25, 0.3) is 10.9 Å². The first kappa shape index (κ1) is 8.23. The summed E-state index contributed by atoms with van der Waals surface area (Å²) in [5, 5.41) is 3.59. The van der Waals surface area contributed by atoms with Gasteiger partial charge in [-0.3, -0.25) is 5.32 Å². The molecule has 1 amide bonds. The number of anilines is 1. The molecule has 4 heteroatoms. The third-order valence-corrected chi connectivity index (χ3v) is 2.32. The van der Waals surface area contributed by atoms with Crippen LogP contribution in [0.2, 0.25) is 0 Å². The fourth-order valence-electron chi connectivity index (χ4n) is 1.60. The number of hydrogen-bond donors (Lipinski definition) is 1. The van der Waals surface area contributed by atoms with Gasteiger partial charge in [0.05, 0.1) is 5.52 Å². The number of nitrogens with zero attached hydrogens (tertiary/aromatic N) is 1. The quantitative estimate of drug-likeness (QED) is 0.706.